The Kier molecular flexibility index (Phi) is 2.35. The second-order valence-electron chi connectivity index (χ2n) is 4.07. The minimum atomic E-state index is -0.659. The Bertz CT molecular complexity index is 436. The maximum Gasteiger partial charge on any atom is 0.222 e. The van der Waals surface area contributed by atoms with Crippen LogP contribution in [0.4, 0.5) is 0 Å². The number of ether oxygens (including phenoxy) is 2. The van der Waals surface area contributed by atoms with Crippen LogP contribution in [0.2, 0.25) is 0 Å². The van der Waals surface area contributed by atoms with Crippen LogP contribution in [0.1, 0.15) is 12.0 Å². The molecule has 0 saturated carbocycles. The molecule has 0 N–H and O–H groups in total. The molecular formula is C13H12O3. The molecule has 2 aliphatic heterocycles. The van der Waals surface area contributed by atoms with Crippen LogP contribution < -0.4 is 0 Å². The summed E-state index contributed by atoms with van der Waals surface area (Å²) in [6, 6.07) is 9.85. The maximum absolute atomic E-state index is 11.9. The molecule has 0 spiro atoms. The fourth-order valence-electron chi connectivity index (χ4n) is 2.07. The zero-order chi connectivity index (χ0) is 11.0. The first kappa shape index (κ1) is 9.75. The normalized spacial score (nSPS) is 31.0. The lowest BCUT2D eigenvalue weighted by Gasteiger charge is -2.19. The van der Waals surface area contributed by atoms with Crippen LogP contribution in [-0.4, -0.2) is 24.8 Å². The number of hydrogen-bond acceptors (Lipinski definition) is 3. The van der Waals surface area contributed by atoms with Gasteiger partial charge in [0.15, 0.2) is 0 Å². The van der Waals surface area contributed by atoms with Crippen LogP contribution in [0.15, 0.2) is 35.9 Å². The second-order valence-corrected chi connectivity index (χ2v) is 4.07. The van der Waals surface area contributed by atoms with Gasteiger partial charge in [-0.05, 0) is 11.6 Å². The molecule has 3 heteroatoms. The zero-order valence-electron chi connectivity index (χ0n) is 8.76. The highest BCUT2D eigenvalue weighted by Crippen LogP contribution is 2.29. The molecular weight excluding hydrogens is 204 g/mol. The van der Waals surface area contributed by atoms with Gasteiger partial charge >= 0.3 is 0 Å². The lowest BCUT2D eigenvalue weighted by Crippen LogP contribution is -2.30. The van der Waals surface area contributed by atoms with E-state index < -0.39 is 6.29 Å². The molecule has 2 atom stereocenters. The first-order valence-electron chi connectivity index (χ1n) is 5.40. The molecule has 0 radical (unpaired) electrons. The van der Waals surface area contributed by atoms with E-state index in [9.17, 15) is 4.79 Å². The van der Waals surface area contributed by atoms with E-state index >= 15 is 0 Å². The molecule has 82 valence electrons. The van der Waals surface area contributed by atoms with Crippen LogP contribution in [0.3, 0.4) is 0 Å². The zero-order valence-corrected chi connectivity index (χ0v) is 8.76. The van der Waals surface area contributed by atoms with Crippen molar-refractivity contribution in [3.63, 3.8) is 0 Å². The van der Waals surface area contributed by atoms with Crippen molar-refractivity contribution < 1.29 is 14.3 Å². The van der Waals surface area contributed by atoms with Gasteiger partial charge in [0, 0.05) is 12.0 Å². The third kappa shape index (κ3) is 1.68. The standard InChI is InChI=1S/C13H12O3/c14-12-10(6-9-4-2-1-3-5-9)7-11-8-15-13(12)16-11/h1-6,11,13H,7-8H2/t11-,13+/m0/s1. The summed E-state index contributed by atoms with van der Waals surface area (Å²) in [5.41, 5.74) is 1.86. The summed E-state index contributed by atoms with van der Waals surface area (Å²) in [5, 5.41) is 0. The fraction of sp³-hybridized carbons (Fsp3) is 0.308. The molecule has 0 aliphatic carbocycles. The van der Waals surface area contributed by atoms with E-state index in [1.807, 2.05) is 36.4 Å². The summed E-state index contributed by atoms with van der Waals surface area (Å²) in [6.07, 6.45) is 1.98. The molecule has 1 aromatic rings. The van der Waals surface area contributed by atoms with Crippen molar-refractivity contribution in [1.82, 2.24) is 0 Å². The van der Waals surface area contributed by atoms with Crippen molar-refractivity contribution >= 4 is 11.9 Å². The lowest BCUT2D eigenvalue weighted by atomic mass is 9.99. The second kappa shape index (κ2) is 3.85. The number of Topliss-reactive ketones (excluding diaryl/α,β-unsaturated/α-hetero) is 1. The van der Waals surface area contributed by atoms with Gasteiger partial charge in [-0.25, -0.2) is 0 Å². The van der Waals surface area contributed by atoms with Gasteiger partial charge in [-0.1, -0.05) is 30.3 Å². The van der Waals surface area contributed by atoms with Crippen LogP contribution in [0.5, 0.6) is 0 Å². The summed E-state index contributed by atoms with van der Waals surface area (Å²) in [5.74, 6) is -0.0300. The maximum atomic E-state index is 11.9. The minimum absolute atomic E-state index is 0.0300. The van der Waals surface area contributed by atoms with Crippen LogP contribution >= 0.6 is 0 Å². The lowest BCUT2D eigenvalue weighted by molar-refractivity contribution is -0.146. The van der Waals surface area contributed by atoms with Gasteiger partial charge in [-0.15, -0.1) is 0 Å². The molecule has 0 aromatic heterocycles. The SMILES string of the molecule is O=C1C(=Cc2ccccc2)C[C@H]2CO[C@@H]1O2. The van der Waals surface area contributed by atoms with Crippen molar-refractivity contribution in [3.05, 3.63) is 41.5 Å². The number of ketones is 1. The van der Waals surface area contributed by atoms with Gasteiger partial charge in [0.2, 0.25) is 12.1 Å². The summed E-state index contributed by atoms with van der Waals surface area (Å²) < 4.78 is 10.6. The molecule has 3 rings (SSSR count). The van der Waals surface area contributed by atoms with E-state index in [-0.39, 0.29) is 11.9 Å². The predicted molar refractivity (Wildman–Crippen MR) is 58.7 cm³/mol. The Balaban J connectivity index is 1.90. The Labute approximate surface area is 93.7 Å². The summed E-state index contributed by atoms with van der Waals surface area (Å²) >= 11 is 0. The predicted octanol–water partition coefficient (Wildman–Crippen LogP) is 1.78. The number of fused-ring (bicyclic) bond motifs is 2. The number of benzene rings is 1. The molecule has 16 heavy (non-hydrogen) atoms. The van der Waals surface area contributed by atoms with Crippen molar-refractivity contribution in [2.75, 3.05) is 6.61 Å². The van der Waals surface area contributed by atoms with Crippen molar-refractivity contribution in [2.24, 2.45) is 0 Å². The molecule has 2 saturated heterocycles. The van der Waals surface area contributed by atoms with E-state index in [0.29, 0.717) is 13.0 Å². The molecule has 0 amide bonds. The number of rotatable bonds is 1. The van der Waals surface area contributed by atoms with Crippen molar-refractivity contribution in [1.29, 1.82) is 0 Å². The number of hydrogen-bond donors (Lipinski definition) is 0. The smallest absolute Gasteiger partial charge is 0.222 e. The fourth-order valence-corrected chi connectivity index (χ4v) is 2.07. The average Bonchev–Trinajstić information content (AvgIpc) is 2.72. The molecule has 1 aromatic carbocycles. The highest BCUT2D eigenvalue weighted by atomic mass is 16.7. The Morgan fingerprint density at radius 1 is 1.25 bits per heavy atom. The first-order valence-corrected chi connectivity index (χ1v) is 5.40. The quantitative estimate of drug-likeness (QED) is 0.671. The Morgan fingerprint density at radius 3 is 2.88 bits per heavy atom. The minimum Gasteiger partial charge on any atom is -0.343 e. The molecule has 2 bridgehead atoms. The van der Waals surface area contributed by atoms with E-state index in [4.69, 9.17) is 9.47 Å². The van der Waals surface area contributed by atoms with E-state index in [1.165, 1.54) is 0 Å². The summed E-state index contributed by atoms with van der Waals surface area (Å²) in [4.78, 5) is 11.9. The van der Waals surface area contributed by atoms with Crippen LogP contribution in [0.25, 0.3) is 6.08 Å². The van der Waals surface area contributed by atoms with Gasteiger partial charge in [0.1, 0.15) is 0 Å². The molecule has 2 aliphatic rings. The van der Waals surface area contributed by atoms with Crippen LogP contribution in [-0.2, 0) is 14.3 Å². The number of carbonyl (C=O) groups is 1. The van der Waals surface area contributed by atoms with Gasteiger partial charge in [-0.2, -0.15) is 0 Å². The highest BCUT2D eigenvalue weighted by Gasteiger charge is 2.39. The Hall–Kier alpha value is -1.45. The van der Waals surface area contributed by atoms with Gasteiger partial charge in [-0.3, -0.25) is 4.79 Å². The molecule has 0 unspecified atom stereocenters. The largest absolute Gasteiger partial charge is 0.343 e. The molecule has 2 heterocycles. The Morgan fingerprint density at radius 2 is 2.06 bits per heavy atom. The van der Waals surface area contributed by atoms with E-state index in [0.717, 1.165) is 11.1 Å². The van der Waals surface area contributed by atoms with Gasteiger partial charge in [0.05, 0.1) is 12.7 Å². The van der Waals surface area contributed by atoms with Gasteiger partial charge < -0.3 is 9.47 Å². The highest BCUT2D eigenvalue weighted by molar-refractivity contribution is 6.02. The molecule has 2 fully saturated rings. The van der Waals surface area contributed by atoms with Crippen LogP contribution in [0, 0.1) is 0 Å². The third-order valence-corrected chi connectivity index (χ3v) is 2.87. The van der Waals surface area contributed by atoms with Crippen molar-refractivity contribution in [2.45, 2.75) is 18.8 Å². The van der Waals surface area contributed by atoms with E-state index in [1.54, 1.807) is 0 Å². The van der Waals surface area contributed by atoms with E-state index in [2.05, 4.69) is 0 Å². The monoisotopic (exact) mass is 216 g/mol. The first-order chi connectivity index (χ1) is 7.83. The topological polar surface area (TPSA) is 35.5 Å². The van der Waals surface area contributed by atoms with Gasteiger partial charge in [0.25, 0.3) is 0 Å². The third-order valence-electron chi connectivity index (χ3n) is 2.87. The van der Waals surface area contributed by atoms with Crippen molar-refractivity contribution in [3.8, 4) is 0 Å². The molecule has 3 nitrogen and oxygen atoms in total. The number of carbonyl (C=O) groups excluding carboxylic acids is 1. The summed E-state index contributed by atoms with van der Waals surface area (Å²) in [6.45, 7) is 0.530. The average molecular weight is 216 g/mol. The summed E-state index contributed by atoms with van der Waals surface area (Å²) in [7, 11) is 0.